The first-order valence-electron chi connectivity index (χ1n) is 11.9. The number of benzene rings is 2. The summed E-state index contributed by atoms with van der Waals surface area (Å²) in [5.41, 5.74) is 5.44. The van der Waals surface area contributed by atoms with Crippen LogP contribution in [0.15, 0.2) is 73.8 Å². The van der Waals surface area contributed by atoms with Gasteiger partial charge in [0.2, 0.25) is 0 Å². The molecule has 0 atom stereocenters. The van der Waals surface area contributed by atoms with Gasteiger partial charge in [-0.05, 0) is 73.6 Å². The van der Waals surface area contributed by atoms with E-state index in [0.29, 0.717) is 0 Å². The van der Waals surface area contributed by atoms with Gasteiger partial charge in [0, 0.05) is 0 Å². The quantitative estimate of drug-likeness (QED) is 0.150. The van der Waals surface area contributed by atoms with Crippen molar-refractivity contribution in [2.45, 2.75) is 77.0 Å². The van der Waals surface area contributed by atoms with Crippen molar-refractivity contribution in [3.63, 3.8) is 0 Å². The molecule has 0 radical (unpaired) electrons. The van der Waals surface area contributed by atoms with E-state index in [1.807, 2.05) is 12.2 Å². The van der Waals surface area contributed by atoms with Gasteiger partial charge in [-0.2, -0.15) is 0 Å². The van der Waals surface area contributed by atoms with Gasteiger partial charge in [-0.1, -0.05) is 98.5 Å². The van der Waals surface area contributed by atoms with Gasteiger partial charge in [0.1, 0.15) is 0 Å². The van der Waals surface area contributed by atoms with Crippen LogP contribution in [0.4, 0.5) is 0 Å². The van der Waals surface area contributed by atoms with Crippen LogP contribution in [0.5, 0.6) is 0 Å². The lowest BCUT2D eigenvalue weighted by Crippen LogP contribution is -1.87. The average Bonchev–Trinajstić information content (AvgIpc) is 2.79. The number of aryl methyl sites for hydroxylation is 2. The standard InChI is InChI=1S/C30H40/c1-3-5-7-9-11-13-15-27-17-21-29(22-18-27)25-26-30-23-19-28(20-24-30)16-14-12-10-8-6-4-2/h3-4,17-26H,1-2,5-16H2/b26-25-. The average molecular weight is 401 g/mol. The van der Waals surface area contributed by atoms with Crippen LogP contribution in [0.1, 0.15) is 86.5 Å². The highest BCUT2D eigenvalue weighted by atomic mass is 14.0. The molecule has 0 aliphatic rings. The Labute approximate surface area is 185 Å². The largest absolute Gasteiger partial charge is 0.103 e. The Bertz CT molecular complexity index is 665. The molecule has 30 heavy (non-hydrogen) atoms. The molecule has 0 saturated carbocycles. The Kier molecular flexibility index (Phi) is 12.4. The zero-order valence-electron chi connectivity index (χ0n) is 18.8. The Morgan fingerprint density at radius 3 is 1.20 bits per heavy atom. The number of unbranched alkanes of at least 4 members (excludes halogenated alkanes) is 8. The van der Waals surface area contributed by atoms with Gasteiger partial charge in [0.25, 0.3) is 0 Å². The summed E-state index contributed by atoms with van der Waals surface area (Å²) in [5, 5.41) is 0. The molecule has 0 saturated heterocycles. The van der Waals surface area contributed by atoms with E-state index in [9.17, 15) is 0 Å². The smallest absolute Gasteiger partial charge is 0.0256 e. The van der Waals surface area contributed by atoms with Crippen LogP contribution in [0.25, 0.3) is 12.2 Å². The normalized spacial score (nSPS) is 11.1. The molecule has 0 amide bonds. The molecule has 0 N–H and O–H groups in total. The second kappa shape index (κ2) is 15.5. The van der Waals surface area contributed by atoms with E-state index < -0.39 is 0 Å². The summed E-state index contributed by atoms with van der Waals surface area (Å²) in [6.07, 6.45) is 23.6. The van der Waals surface area contributed by atoms with Gasteiger partial charge in [-0.3, -0.25) is 0 Å². The van der Waals surface area contributed by atoms with Crippen molar-refractivity contribution in [3.05, 3.63) is 96.1 Å². The van der Waals surface area contributed by atoms with Gasteiger partial charge < -0.3 is 0 Å². The lowest BCUT2D eigenvalue weighted by atomic mass is 10.0. The van der Waals surface area contributed by atoms with Crippen molar-refractivity contribution < 1.29 is 0 Å². The highest BCUT2D eigenvalue weighted by molar-refractivity contribution is 5.69. The lowest BCUT2D eigenvalue weighted by Gasteiger charge is -2.03. The number of allylic oxidation sites excluding steroid dienone is 2. The maximum absolute atomic E-state index is 3.79. The van der Waals surface area contributed by atoms with Crippen LogP contribution in [0.2, 0.25) is 0 Å². The molecule has 0 unspecified atom stereocenters. The van der Waals surface area contributed by atoms with Crippen LogP contribution in [-0.2, 0) is 12.8 Å². The zero-order chi connectivity index (χ0) is 21.3. The maximum Gasteiger partial charge on any atom is -0.0256 e. The number of rotatable bonds is 16. The number of hydrogen-bond donors (Lipinski definition) is 0. The fourth-order valence-electron chi connectivity index (χ4n) is 3.73. The summed E-state index contributed by atoms with van der Waals surface area (Å²) >= 11 is 0. The predicted octanol–water partition coefficient (Wildman–Crippen LogP) is 9.21. The van der Waals surface area contributed by atoms with E-state index in [0.717, 1.165) is 12.8 Å². The van der Waals surface area contributed by atoms with Crippen LogP contribution in [0, 0.1) is 0 Å². The first kappa shape index (κ1) is 23.9. The molecule has 0 aliphatic heterocycles. The molecule has 2 aromatic rings. The van der Waals surface area contributed by atoms with Gasteiger partial charge in [0.05, 0.1) is 0 Å². The summed E-state index contributed by atoms with van der Waals surface area (Å²) < 4.78 is 0. The second-order valence-electron chi connectivity index (χ2n) is 8.30. The lowest BCUT2D eigenvalue weighted by molar-refractivity contribution is 0.646. The molecule has 0 fully saturated rings. The highest BCUT2D eigenvalue weighted by Gasteiger charge is 1.96. The molecule has 0 heterocycles. The topological polar surface area (TPSA) is 0 Å². The van der Waals surface area contributed by atoms with Crippen molar-refractivity contribution in [2.24, 2.45) is 0 Å². The van der Waals surface area contributed by atoms with E-state index in [1.165, 1.54) is 86.5 Å². The third-order valence-electron chi connectivity index (χ3n) is 5.68. The van der Waals surface area contributed by atoms with E-state index in [1.54, 1.807) is 0 Å². The monoisotopic (exact) mass is 400 g/mol. The molecule has 2 aromatic carbocycles. The van der Waals surface area contributed by atoms with Crippen LogP contribution < -0.4 is 0 Å². The summed E-state index contributed by atoms with van der Waals surface area (Å²) in [4.78, 5) is 0. The molecule has 2 rings (SSSR count). The minimum Gasteiger partial charge on any atom is -0.103 e. The molecule has 160 valence electrons. The Hall–Kier alpha value is -2.34. The molecule has 0 spiro atoms. The first-order chi connectivity index (χ1) is 14.8. The summed E-state index contributed by atoms with van der Waals surface area (Å²) in [6, 6.07) is 18.1. The van der Waals surface area contributed by atoms with Crippen molar-refractivity contribution in [2.75, 3.05) is 0 Å². The zero-order valence-corrected chi connectivity index (χ0v) is 18.8. The molecule has 0 heteroatoms. The molecule has 0 nitrogen and oxygen atoms in total. The Morgan fingerprint density at radius 1 is 0.467 bits per heavy atom. The third kappa shape index (κ3) is 10.4. The minimum absolute atomic E-state index is 1.15. The third-order valence-corrected chi connectivity index (χ3v) is 5.68. The van der Waals surface area contributed by atoms with Gasteiger partial charge in [0.15, 0.2) is 0 Å². The fourth-order valence-corrected chi connectivity index (χ4v) is 3.73. The molecule has 0 bridgehead atoms. The molecule has 0 aliphatic carbocycles. The predicted molar refractivity (Wildman–Crippen MR) is 136 cm³/mol. The Morgan fingerprint density at radius 2 is 0.833 bits per heavy atom. The van der Waals surface area contributed by atoms with Gasteiger partial charge >= 0.3 is 0 Å². The van der Waals surface area contributed by atoms with Crippen molar-refractivity contribution >= 4 is 12.2 Å². The fraction of sp³-hybridized carbons (Fsp3) is 0.400. The van der Waals surface area contributed by atoms with Gasteiger partial charge in [-0.25, -0.2) is 0 Å². The molecular formula is C30H40. The van der Waals surface area contributed by atoms with Crippen molar-refractivity contribution in [1.82, 2.24) is 0 Å². The minimum atomic E-state index is 1.15. The highest BCUT2D eigenvalue weighted by Crippen LogP contribution is 2.15. The summed E-state index contributed by atoms with van der Waals surface area (Å²) in [7, 11) is 0. The second-order valence-corrected chi connectivity index (χ2v) is 8.30. The van der Waals surface area contributed by atoms with Crippen LogP contribution >= 0.6 is 0 Å². The Balaban J connectivity index is 1.69. The van der Waals surface area contributed by atoms with Crippen LogP contribution in [-0.4, -0.2) is 0 Å². The molecule has 0 aromatic heterocycles. The summed E-state index contributed by atoms with van der Waals surface area (Å²) in [5.74, 6) is 0. The van der Waals surface area contributed by atoms with Gasteiger partial charge in [-0.15, -0.1) is 13.2 Å². The van der Waals surface area contributed by atoms with Crippen molar-refractivity contribution in [3.8, 4) is 0 Å². The molecular weight excluding hydrogens is 360 g/mol. The maximum atomic E-state index is 3.79. The van der Waals surface area contributed by atoms with E-state index in [4.69, 9.17) is 0 Å². The first-order valence-corrected chi connectivity index (χ1v) is 11.9. The summed E-state index contributed by atoms with van der Waals surface area (Å²) in [6.45, 7) is 7.57. The van der Waals surface area contributed by atoms with E-state index in [2.05, 4.69) is 73.8 Å². The van der Waals surface area contributed by atoms with E-state index in [-0.39, 0.29) is 0 Å². The SMILES string of the molecule is C=CCCCCCCc1ccc(/C=C\c2ccc(CCCCCCC=C)cc2)cc1. The van der Waals surface area contributed by atoms with E-state index >= 15 is 0 Å². The number of hydrogen-bond acceptors (Lipinski definition) is 0. The van der Waals surface area contributed by atoms with Crippen molar-refractivity contribution in [1.29, 1.82) is 0 Å². The van der Waals surface area contributed by atoms with Crippen LogP contribution in [0.3, 0.4) is 0 Å².